The lowest BCUT2D eigenvalue weighted by molar-refractivity contribution is 0.0775. The zero-order chi connectivity index (χ0) is 21.4. The van der Waals surface area contributed by atoms with Crippen LogP contribution in [0.15, 0.2) is 48.1 Å². The van der Waals surface area contributed by atoms with Crippen LogP contribution < -0.4 is 9.80 Å². The second-order valence-electron chi connectivity index (χ2n) is 7.91. The number of aliphatic hydroxyl groups excluding tert-OH is 1. The molecule has 2 aromatic rings. The number of amides is 1. The maximum Gasteiger partial charge on any atom is 0.276 e. The number of rotatable bonds is 5. The Bertz CT molecular complexity index is 1010. The number of carbonyl (C=O) groups is 1. The van der Waals surface area contributed by atoms with Crippen molar-refractivity contribution in [2.75, 3.05) is 36.3 Å². The first-order chi connectivity index (χ1) is 14.4. The average molecular weight is 426 g/mol. The third kappa shape index (κ3) is 3.67. The summed E-state index contributed by atoms with van der Waals surface area (Å²) < 4.78 is 1.59. The molecule has 0 fully saturated rings. The summed E-state index contributed by atoms with van der Waals surface area (Å²) in [6.45, 7) is 5.25. The molecule has 0 saturated heterocycles. The van der Waals surface area contributed by atoms with Crippen LogP contribution in [0, 0.1) is 0 Å². The molecule has 0 aliphatic carbocycles. The molecule has 7 nitrogen and oxygen atoms in total. The minimum Gasteiger partial charge on any atom is -0.494 e. The molecule has 0 bridgehead atoms. The number of aliphatic hydroxyl groups is 1. The van der Waals surface area contributed by atoms with E-state index in [0.717, 1.165) is 11.3 Å². The molecule has 158 valence electrons. The number of hydrogen-bond donors (Lipinski definition) is 1. The molecule has 1 aromatic heterocycles. The van der Waals surface area contributed by atoms with E-state index in [1.54, 1.807) is 28.3 Å². The predicted octanol–water partition coefficient (Wildman–Crippen LogP) is 3.76. The van der Waals surface area contributed by atoms with Gasteiger partial charge in [0.25, 0.3) is 5.91 Å². The number of benzene rings is 1. The molecule has 0 radical (unpaired) electrons. The molecule has 4 rings (SSSR count). The van der Waals surface area contributed by atoms with Gasteiger partial charge in [0.05, 0.1) is 6.67 Å². The Labute approximate surface area is 181 Å². The van der Waals surface area contributed by atoms with Gasteiger partial charge in [0.2, 0.25) is 5.95 Å². The van der Waals surface area contributed by atoms with E-state index in [1.807, 2.05) is 36.2 Å². The summed E-state index contributed by atoms with van der Waals surface area (Å²) in [7, 11) is 3.66. The van der Waals surface area contributed by atoms with Crippen molar-refractivity contribution < 1.29 is 9.90 Å². The Morgan fingerprint density at radius 3 is 2.67 bits per heavy atom. The first-order valence-electron chi connectivity index (χ1n) is 9.93. The summed E-state index contributed by atoms with van der Waals surface area (Å²) in [5, 5.41) is 10.8. The normalized spacial score (nSPS) is 18.1. The van der Waals surface area contributed by atoms with Gasteiger partial charge in [-0.15, -0.1) is 11.8 Å². The number of aromatic nitrogens is 2. The van der Waals surface area contributed by atoms with Gasteiger partial charge in [-0.25, -0.2) is 4.57 Å². The molecule has 1 aromatic carbocycles. The molecule has 1 N–H and O–H groups in total. The molecular weight excluding hydrogens is 398 g/mol. The number of anilines is 2. The lowest BCUT2D eigenvalue weighted by Gasteiger charge is -2.34. The summed E-state index contributed by atoms with van der Waals surface area (Å²) in [6.07, 6.45) is 3.98. The fraction of sp³-hybridized carbons (Fsp3) is 0.364. The van der Waals surface area contributed by atoms with Crippen LogP contribution in [0.4, 0.5) is 11.8 Å². The minimum atomic E-state index is -0.142. The van der Waals surface area contributed by atoms with Gasteiger partial charge in [-0.3, -0.25) is 4.79 Å². The topological polar surface area (TPSA) is 64.8 Å². The maximum atomic E-state index is 12.9. The molecule has 3 heterocycles. The Balaban J connectivity index is 1.78. The van der Waals surface area contributed by atoms with Crippen LogP contribution in [0.5, 0.6) is 0 Å². The summed E-state index contributed by atoms with van der Waals surface area (Å²) in [6, 6.07) is 10.2. The number of nitrogens with zero attached hydrogens (tertiary/aromatic N) is 5. The number of allylic oxidation sites excluding steroid dienone is 1. The van der Waals surface area contributed by atoms with E-state index in [9.17, 15) is 9.90 Å². The van der Waals surface area contributed by atoms with E-state index < -0.39 is 0 Å². The number of thioether (sulfide) groups is 1. The second kappa shape index (κ2) is 8.10. The smallest absolute Gasteiger partial charge is 0.276 e. The molecular formula is C22H27N5O2S. The van der Waals surface area contributed by atoms with Crippen molar-refractivity contribution in [3.05, 3.63) is 59.3 Å². The van der Waals surface area contributed by atoms with Crippen LogP contribution in [0.3, 0.4) is 0 Å². The van der Waals surface area contributed by atoms with Crippen molar-refractivity contribution in [2.24, 2.45) is 0 Å². The highest BCUT2D eigenvalue weighted by Gasteiger charge is 2.38. The van der Waals surface area contributed by atoms with Gasteiger partial charge in [-0.2, -0.15) is 4.98 Å². The number of imidazole rings is 1. The predicted molar refractivity (Wildman–Crippen MR) is 123 cm³/mol. The summed E-state index contributed by atoms with van der Waals surface area (Å²) in [5.41, 5.74) is 2.80. The molecule has 2 aliphatic rings. The number of fused-ring (bicyclic) bond motifs is 3. The molecule has 1 unspecified atom stereocenters. The quantitative estimate of drug-likeness (QED) is 0.736. The fourth-order valence-corrected chi connectivity index (χ4v) is 4.89. The zero-order valence-electron chi connectivity index (χ0n) is 17.7. The van der Waals surface area contributed by atoms with E-state index >= 15 is 0 Å². The zero-order valence-corrected chi connectivity index (χ0v) is 18.6. The van der Waals surface area contributed by atoms with E-state index in [0.29, 0.717) is 30.7 Å². The minimum absolute atomic E-state index is 0.0508. The Kier molecular flexibility index (Phi) is 5.51. The van der Waals surface area contributed by atoms with Crippen LogP contribution in [0.1, 0.15) is 29.9 Å². The SMILES string of the molecule is CC(C)=CCSC1C=C(O)n2c(nc3c2C(=O)N(C)CN3C)N1Cc1ccccc1. The van der Waals surface area contributed by atoms with Gasteiger partial charge in [0.1, 0.15) is 5.37 Å². The van der Waals surface area contributed by atoms with E-state index in [-0.39, 0.29) is 17.2 Å². The van der Waals surface area contributed by atoms with Gasteiger partial charge < -0.3 is 19.8 Å². The first kappa shape index (κ1) is 20.4. The van der Waals surface area contributed by atoms with Crippen LogP contribution in [0.2, 0.25) is 0 Å². The Morgan fingerprint density at radius 1 is 1.23 bits per heavy atom. The van der Waals surface area contributed by atoms with Crippen LogP contribution >= 0.6 is 11.8 Å². The number of hydrogen-bond acceptors (Lipinski definition) is 6. The van der Waals surface area contributed by atoms with Gasteiger partial charge in [0.15, 0.2) is 17.4 Å². The summed E-state index contributed by atoms with van der Waals surface area (Å²) in [4.78, 5) is 23.4. The van der Waals surface area contributed by atoms with E-state index in [1.165, 1.54) is 5.57 Å². The largest absolute Gasteiger partial charge is 0.494 e. The highest BCUT2D eigenvalue weighted by Crippen LogP contribution is 2.39. The highest BCUT2D eigenvalue weighted by molar-refractivity contribution is 8.00. The Morgan fingerprint density at radius 2 is 1.97 bits per heavy atom. The highest BCUT2D eigenvalue weighted by atomic mass is 32.2. The lowest BCUT2D eigenvalue weighted by atomic mass is 10.2. The van der Waals surface area contributed by atoms with Crippen molar-refractivity contribution in [1.82, 2.24) is 14.5 Å². The summed E-state index contributed by atoms with van der Waals surface area (Å²) >= 11 is 1.72. The van der Waals surface area contributed by atoms with Gasteiger partial charge in [-0.1, -0.05) is 42.0 Å². The molecule has 0 spiro atoms. The van der Waals surface area contributed by atoms with Crippen molar-refractivity contribution in [2.45, 2.75) is 25.8 Å². The van der Waals surface area contributed by atoms with E-state index in [4.69, 9.17) is 4.98 Å². The lowest BCUT2D eigenvalue weighted by Crippen LogP contribution is -2.43. The van der Waals surface area contributed by atoms with Crippen molar-refractivity contribution in [3.8, 4) is 0 Å². The third-order valence-corrected chi connectivity index (χ3v) is 6.31. The molecule has 30 heavy (non-hydrogen) atoms. The Hall–Kier alpha value is -2.87. The van der Waals surface area contributed by atoms with Crippen LogP contribution in [-0.4, -0.2) is 57.4 Å². The van der Waals surface area contributed by atoms with Crippen LogP contribution in [0.25, 0.3) is 5.88 Å². The van der Waals surface area contributed by atoms with E-state index in [2.05, 4.69) is 37.0 Å². The summed E-state index contributed by atoms with van der Waals surface area (Å²) in [5.74, 6) is 1.92. The van der Waals surface area contributed by atoms with Gasteiger partial charge in [-0.05, 0) is 19.4 Å². The van der Waals surface area contributed by atoms with Crippen molar-refractivity contribution in [3.63, 3.8) is 0 Å². The van der Waals surface area contributed by atoms with Crippen molar-refractivity contribution in [1.29, 1.82) is 0 Å². The fourth-order valence-electron chi connectivity index (χ4n) is 3.69. The third-order valence-electron chi connectivity index (χ3n) is 5.22. The average Bonchev–Trinajstić information content (AvgIpc) is 3.11. The first-order valence-corrected chi connectivity index (χ1v) is 11.0. The van der Waals surface area contributed by atoms with Gasteiger partial charge >= 0.3 is 0 Å². The molecule has 1 amide bonds. The molecule has 2 aliphatic heterocycles. The van der Waals surface area contributed by atoms with Crippen molar-refractivity contribution >= 4 is 35.3 Å². The molecule has 8 heteroatoms. The monoisotopic (exact) mass is 425 g/mol. The standard InChI is InChI=1S/C22H27N5O2S/c1-15(2)10-11-30-18-12-17(28)27-19-20(24(3)14-25(4)21(19)29)23-22(27)26(18)13-16-8-6-5-7-9-16/h5-10,12,18,28H,11,13-14H2,1-4H3. The molecule has 0 saturated carbocycles. The number of carbonyl (C=O) groups excluding carboxylic acids is 1. The van der Waals surface area contributed by atoms with Crippen LogP contribution in [-0.2, 0) is 6.54 Å². The maximum absolute atomic E-state index is 12.9. The molecule has 1 atom stereocenters. The van der Waals surface area contributed by atoms with Gasteiger partial charge in [0, 0.05) is 32.5 Å². The second-order valence-corrected chi connectivity index (χ2v) is 9.06.